The molecule has 1 aromatic heterocycles. The Kier molecular flexibility index (Phi) is 8.96. The smallest absolute Gasteiger partial charge is 0.248 e. The molecule has 5 rings (SSSR count). The van der Waals surface area contributed by atoms with Crippen LogP contribution in [0.5, 0.6) is 0 Å². The van der Waals surface area contributed by atoms with E-state index in [0.29, 0.717) is 12.8 Å². The third-order valence-electron chi connectivity index (χ3n) is 7.71. The van der Waals surface area contributed by atoms with Crippen LogP contribution in [0.4, 0.5) is 14.5 Å². The van der Waals surface area contributed by atoms with E-state index < -0.39 is 21.7 Å². The molecule has 0 radical (unpaired) electrons. The molecule has 2 aromatic carbocycles. The topological polar surface area (TPSA) is 95.8 Å². The third kappa shape index (κ3) is 6.91. The van der Waals surface area contributed by atoms with Crippen LogP contribution in [0.2, 0.25) is 0 Å². The first-order valence-electron chi connectivity index (χ1n) is 13.9. The van der Waals surface area contributed by atoms with Crippen molar-refractivity contribution in [3.05, 3.63) is 76.7 Å². The first-order valence-corrected chi connectivity index (χ1v) is 15.4. The Morgan fingerprint density at radius 2 is 1.73 bits per heavy atom. The molecule has 41 heavy (non-hydrogen) atoms. The molecule has 2 aliphatic heterocycles. The van der Waals surface area contributed by atoms with E-state index >= 15 is 0 Å². The van der Waals surface area contributed by atoms with Crippen molar-refractivity contribution >= 4 is 33.8 Å². The Balaban J connectivity index is 1.18. The van der Waals surface area contributed by atoms with Crippen molar-refractivity contribution in [3.63, 3.8) is 0 Å². The molecule has 2 fully saturated rings. The lowest BCUT2D eigenvalue weighted by molar-refractivity contribution is -0.120. The highest BCUT2D eigenvalue weighted by atomic mass is 32.2. The highest BCUT2D eigenvalue weighted by Crippen LogP contribution is 2.30. The number of hydrogen-bond acceptors (Lipinski definition) is 6. The van der Waals surface area contributed by atoms with E-state index in [4.69, 9.17) is 4.52 Å². The minimum absolute atomic E-state index is 0.0465. The predicted octanol–water partition coefficient (Wildman–Crippen LogP) is 5.46. The molecule has 0 bridgehead atoms. The van der Waals surface area contributed by atoms with Gasteiger partial charge in [0.05, 0.1) is 0 Å². The summed E-state index contributed by atoms with van der Waals surface area (Å²) in [4.78, 5) is 15.3. The van der Waals surface area contributed by atoms with Crippen LogP contribution in [0, 0.1) is 24.5 Å². The number of aryl methyl sites for hydroxylation is 1. The number of sulfonamides is 1. The van der Waals surface area contributed by atoms with Gasteiger partial charge in [-0.1, -0.05) is 23.7 Å². The quantitative estimate of drug-likeness (QED) is 0.378. The lowest BCUT2D eigenvalue weighted by atomic mass is 9.97. The Bertz CT molecular complexity index is 1510. The first kappa shape index (κ1) is 29.1. The molecule has 0 spiro atoms. The van der Waals surface area contributed by atoms with Gasteiger partial charge in [0.15, 0.2) is 10.7 Å². The average Bonchev–Trinajstić information content (AvgIpc) is 3.35. The van der Waals surface area contributed by atoms with Gasteiger partial charge in [-0.2, -0.15) is 4.31 Å². The number of aromatic nitrogens is 1. The lowest BCUT2D eigenvalue weighted by Crippen LogP contribution is -2.41. The first-order chi connectivity index (χ1) is 19.7. The molecule has 0 unspecified atom stereocenters. The molecule has 11 heteroatoms. The molecule has 0 atom stereocenters. The number of carbonyl (C=O) groups is 1. The Morgan fingerprint density at radius 1 is 1.02 bits per heavy atom. The van der Waals surface area contributed by atoms with Crippen LogP contribution in [-0.4, -0.2) is 54.9 Å². The minimum Gasteiger partial charge on any atom is -0.355 e. The number of halogens is 2. The summed E-state index contributed by atoms with van der Waals surface area (Å²) < 4.78 is 60.8. The van der Waals surface area contributed by atoms with Crippen molar-refractivity contribution in [1.29, 1.82) is 0 Å². The summed E-state index contributed by atoms with van der Waals surface area (Å²) in [5.74, 6) is -1.99. The summed E-state index contributed by atoms with van der Waals surface area (Å²) in [6, 6.07) is 11.0. The number of carbonyl (C=O) groups excluding carboxylic acids is 1. The normalized spacial score (nSPS) is 17.7. The molecular weight excluding hydrogens is 550 g/mol. The molecule has 2 saturated heterocycles. The fraction of sp³-hybridized carbons (Fsp3) is 0.400. The van der Waals surface area contributed by atoms with Crippen molar-refractivity contribution < 1.29 is 26.5 Å². The van der Waals surface area contributed by atoms with E-state index in [9.17, 15) is 22.0 Å². The monoisotopic (exact) mass is 584 g/mol. The van der Waals surface area contributed by atoms with Crippen molar-refractivity contribution in [2.24, 2.45) is 5.92 Å². The van der Waals surface area contributed by atoms with Gasteiger partial charge in [0.1, 0.15) is 17.3 Å². The molecule has 0 saturated carbocycles. The number of nitrogens with one attached hydrogen (secondary N) is 1. The molecule has 3 aromatic rings. The number of benzene rings is 2. The zero-order valence-corrected chi connectivity index (χ0v) is 23.8. The van der Waals surface area contributed by atoms with E-state index in [-0.39, 0.29) is 46.8 Å². The number of nitrogens with zero attached hydrogens (tertiary/aromatic N) is 3. The lowest BCUT2D eigenvalue weighted by Gasteiger charge is -2.30. The van der Waals surface area contributed by atoms with Crippen LogP contribution in [0.25, 0.3) is 12.2 Å². The molecule has 3 heterocycles. The van der Waals surface area contributed by atoms with Gasteiger partial charge in [0, 0.05) is 42.9 Å². The van der Waals surface area contributed by atoms with Crippen molar-refractivity contribution in [1.82, 2.24) is 14.4 Å². The number of piperidine rings is 2. The number of rotatable bonds is 8. The van der Waals surface area contributed by atoms with Crippen molar-refractivity contribution in [2.75, 3.05) is 31.5 Å². The van der Waals surface area contributed by atoms with Gasteiger partial charge < -0.3 is 9.84 Å². The maximum absolute atomic E-state index is 14.0. The summed E-state index contributed by atoms with van der Waals surface area (Å²) in [5.41, 5.74) is 2.19. The molecule has 0 aliphatic carbocycles. The van der Waals surface area contributed by atoms with Gasteiger partial charge >= 0.3 is 0 Å². The molecule has 2 aliphatic rings. The SMILES string of the molecule is Cc1noc(C=Cc2ccc(F)cc2F)c1S(=O)(=O)N1CCC(C(=O)Nc2ccc(CN3CCCCC3)cc2)CC1. The number of hydrogen-bond donors (Lipinski definition) is 1. The van der Waals surface area contributed by atoms with E-state index in [1.54, 1.807) is 0 Å². The van der Waals surface area contributed by atoms with Gasteiger partial charge in [-0.05, 0) is 87.7 Å². The minimum atomic E-state index is -3.99. The molecular formula is C30H34F2N4O4S. The van der Waals surface area contributed by atoms with Gasteiger partial charge in [0.2, 0.25) is 15.9 Å². The molecule has 8 nitrogen and oxygen atoms in total. The summed E-state index contributed by atoms with van der Waals surface area (Å²) in [6.07, 6.45) is 7.13. The molecule has 1 N–H and O–H groups in total. The van der Waals surface area contributed by atoms with E-state index in [1.165, 1.54) is 54.3 Å². The summed E-state index contributed by atoms with van der Waals surface area (Å²) >= 11 is 0. The van der Waals surface area contributed by atoms with Gasteiger partial charge in [0.25, 0.3) is 0 Å². The number of likely N-dealkylation sites (tertiary alicyclic amines) is 1. The maximum Gasteiger partial charge on any atom is 0.248 e. The average molecular weight is 585 g/mol. The predicted molar refractivity (Wildman–Crippen MR) is 152 cm³/mol. The van der Waals surface area contributed by atoms with Gasteiger partial charge in [-0.25, -0.2) is 17.2 Å². The summed E-state index contributed by atoms with van der Waals surface area (Å²) in [7, 11) is -3.99. The maximum atomic E-state index is 14.0. The van der Waals surface area contributed by atoms with Crippen LogP contribution in [-0.2, 0) is 21.4 Å². The number of amides is 1. The molecule has 1 amide bonds. The van der Waals surface area contributed by atoms with Crippen LogP contribution in [0.1, 0.15) is 54.7 Å². The third-order valence-corrected chi connectivity index (χ3v) is 9.77. The standard InChI is InChI=1S/C30H34F2N4O4S/c1-21-29(28(40-34-21)12-8-23-7-9-25(31)19-27(23)32)41(38,39)36-17-13-24(14-18-36)30(37)33-26-10-5-22(6-11-26)20-35-15-3-2-4-16-35/h5-12,19,24H,2-4,13-18,20H2,1H3,(H,33,37). The second-order valence-electron chi connectivity index (χ2n) is 10.7. The second-order valence-corrected chi connectivity index (χ2v) is 12.5. The Labute approximate surface area is 239 Å². The van der Waals surface area contributed by atoms with E-state index in [0.717, 1.165) is 37.5 Å². The van der Waals surface area contributed by atoms with Crippen LogP contribution >= 0.6 is 0 Å². The largest absolute Gasteiger partial charge is 0.355 e. The van der Waals surface area contributed by atoms with Crippen LogP contribution in [0.3, 0.4) is 0 Å². The fourth-order valence-electron chi connectivity index (χ4n) is 5.40. The van der Waals surface area contributed by atoms with Gasteiger partial charge in [-0.3, -0.25) is 9.69 Å². The Hall–Kier alpha value is -3.41. The summed E-state index contributed by atoms with van der Waals surface area (Å²) in [5, 5.41) is 6.78. The van der Waals surface area contributed by atoms with Crippen LogP contribution in [0.15, 0.2) is 51.9 Å². The summed E-state index contributed by atoms with van der Waals surface area (Å²) in [6.45, 7) is 5.00. The zero-order chi connectivity index (χ0) is 29.0. The highest BCUT2D eigenvalue weighted by Gasteiger charge is 2.36. The molecule has 218 valence electrons. The fourth-order valence-corrected chi connectivity index (χ4v) is 7.12. The zero-order valence-electron chi connectivity index (χ0n) is 23.0. The second kappa shape index (κ2) is 12.6. The van der Waals surface area contributed by atoms with E-state index in [1.807, 2.05) is 24.3 Å². The van der Waals surface area contributed by atoms with Crippen molar-refractivity contribution in [3.8, 4) is 0 Å². The van der Waals surface area contributed by atoms with Crippen LogP contribution < -0.4 is 5.32 Å². The number of anilines is 1. The Morgan fingerprint density at radius 3 is 2.41 bits per heavy atom. The van der Waals surface area contributed by atoms with E-state index in [2.05, 4.69) is 15.4 Å². The van der Waals surface area contributed by atoms with Crippen molar-refractivity contribution in [2.45, 2.75) is 50.5 Å². The van der Waals surface area contributed by atoms with Gasteiger partial charge in [-0.15, -0.1) is 0 Å². The highest BCUT2D eigenvalue weighted by molar-refractivity contribution is 7.89.